The van der Waals surface area contributed by atoms with Crippen LogP contribution < -0.4 is 0 Å². The highest BCUT2D eigenvalue weighted by Gasteiger charge is 2.13. The van der Waals surface area contributed by atoms with E-state index in [2.05, 4.69) is 35.3 Å². The minimum atomic E-state index is 0.476. The second kappa shape index (κ2) is 9.24. The van der Waals surface area contributed by atoms with Gasteiger partial charge in [0, 0.05) is 12.2 Å². The van der Waals surface area contributed by atoms with Crippen molar-refractivity contribution in [1.29, 1.82) is 5.26 Å². The van der Waals surface area contributed by atoms with Crippen molar-refractivity contribution in [2.24, 2.45) is 0 Å². The van der Waals surface area contributed by atoms with Crippen LogP contribution in [-0.2, 0) is 11.2 Å². The van der Waals surface area contributed by atoms with Crippen molar-refractivity contribution < 1.29 is 9.15 Å². The van der Waals surface area contributed by atoms with Gasteiger partial charge in [0.15, 0.2) is 5.58 Å². The zero-order valence-electron chi connectivity index (χ0n) is 17.1. The summed E-state index contributed by atoms with van der Waals surface area (Å²) >= 11 is 0. The van der Waals surface area contributed by atoms with Crippen LogP contribution in [0.25, 0.3) is 22.6 Å². The second-order valence-corrected chi connectivity index (χ2v) is 8.06. The first kappa shape index (κ1) is 19.7. The molecular weight excluding hydrogens is 360 g/mol. The van der Waals surface area contributed by atoms with Gasteiger partial charge in [-0.25, -0.2) is 4.98 Å². The molecule has 150 valence electrons. The molecule has 29 heavy (non-hydrogen) atoms. The summed E-state index contributed by atoms with van der Waals surface area (Å²) in [6.07, 6.45) is 10.4. The third-order valence-electron chi connectivity index (χ3n) is 5.77. The summed E-state index contributed by atoms with van der Waals surface area (Å²) in [4.78, 5) is 4.58. The summed E-state index contributed by atoms with van der Waals surface area (Å²) in [5, 5.41) is 9.13. The van der Waals surface area contributed by atoms with Gasteiger partial charge in [-0.2, -0.15) is 5.26 Å². The van der Waals surface area contributed by atoms with Gasteiger partial charge < -0.3 is 9.15 Å². The van der Waals surface area contributed by atoms with Gasteiger partial charge in [-0.15, -0.1) is 0 Å². The highest BCUT2D eigenvalue weighted by Crippen LogP contribution is 2.28. The predicted octanol–water partition coefficient (Wildman–Crippen LogP) is 6.35. The summed E-state index contributed by atoms with van der Waals surface area (Å²) in [7, 11) is 0. The van der Waals surface area contributed by atoms with E-state index in [1.165, 1.54) is 44.1 Å². The van der Waals surface area contributed by atoms with Crippen LogP contribution in [0.3, 0.4) is 0 Å². The molecule has 4 heteroatoms. The number of aryl methyl sites for hydroxylation is 2. The molecule has 0 amide bonds. The SMILES string of the molecule is Cc1cc(C#N)cc2nc(-c3ccc(CCCOC4CCCCCC4)cc3)oc12. The van der Waals surface area contributed by atoms with Crippen molar-refractivity contribution in [2.75, 3.05) is 6.61 Å². The Hall–Kier alpha value is -2.64. The third kappa shape index (κ3) is 4.86. The van der Waals surface area contributed by atoms with E-state index in [0.717, 1.165) is 41.7 Å². The molecule has 4 rings (SSSR count). The van der Waals surface area contributed by atoms with Crippen molar-refractivity contribution in [3.05, 3.63) is 53.1 Å². The molecule has 2 aromatic carbocycles. The van der Waals surface area contributed by atoms with E-state index in [0.29, 0.717) is 17.6 Å². The molecule has 3 aromatic rings. The Kier molecular flexibility index (Phi) is 6.27. The number of nitriles is 1. The minimum absolute atomic E-state index is 0.476. The standard InChI is InChI=1S/C25H28N2O2/c1-18-15-20(17-26)16-23-24(18)29-25(27-23)21-12-10-19(11-13-21)7-6-14-28-22-8-4-2-3-5-9-22/h10-13,15-16,22H,2-9,14H2,1H3. The lowest BCUT2D eigenvalue weighted by molar-refractivity contribution is 0.0419. The lowest BCUT2D eigenvalue weighted by Crippen LogP contribution is -2.12. The van der Waals surface area contributed by atoms with Crippen LogP contribution in [0.1, 0.15) is 61.6 Å². The molecule has 1 aromatic heterocycles. The number of hydrogen-bond donors (Lipinski definition) is 0. The molecule has 0 aliphatic heterocycles. The molecule has 0 atom stereocenters. The normalized spacial score (nSPS) is 15.3. The van der Waals surface area contributed by atoms with Crippen molar-refractivity contribution in [3.63, 3.8) is 0 Å². The fraction of sp³-hybridized carbons (Fsp3) is 0.440. The number of fused-ring (bicyclic) bond motifs is 1. The van der Waals surface area contributed by atoms with Gasteiger partial charge in [0.2, 0.25) is 5.89 Å². The zero-order valence-corrected chi connectivity index (χ0v) is 17.1. The zero-order chi connectivity index (χ0) is 20.1. The quantitative estimate of drug-likeness (QED) is 0.365. The van der Waals surface area contributed by atoms with Crippen LogP contribution >= 0.6 is 0 Å². The lowest BCUT2D eigenvalue weighted by Gasteiger charge is -2.15. The van der Waals surface area contributed by atoms with E-state index >= 15 is 0 Å². The Labute approximate surface area is 172 Å². The molecule has 4 nitrogen and oxygen atoms in total. The number of aromatic nitrogens is 1. The topological polar surface area (TPSA) is 59.0 Å². The first-order valence-corrected chi connectivity index (χ1v) is 10.7. The van der Waals surface area contributed by atoms with Gasteiger partial charge in [0.1, 0.15) is 5.52 Å². The van der Waals surface area contributed by atoms with E-state index in [-0.39, 0.29) is 0 Å². The Morgan fingerprint density at radius 3 is 2.59 bits per heavy atom. The fourth-order valence-corrected chi connectivity index (χ4v) is 4.14. The Morgan fingerprint density at radius 2 is 1.86 bits per heavy atom. The fourth-order valence-electron chi connectivity index (χ4n) is 4.14. The second-order valence-electron chi connectivity index (χ2n) is 8.06. The van der Waals surface area contributed by atoms with Crippen LogP contribution in [0.2, 0.25) is 0 Å². The Balaban J connectivity index is 1.35. The van der Waals surface area contributed by atoms with E-state index in [4.69, 9.17) is 14.4 Å². The molecule has 0 bridgehead atoms. The first-order valence-electron chi connectivity index (χ1n) is 10.7. The number of rotatable bonds is 6. The first-order chi connectivity index (χ1) is 14.2. The van der Waals surface area contributed by atoms with Crippen molar-refractivity contribution in [3.8, 4) is 17.5 Å². The maximum Gasteiger partial charge on any atom is 0.227 e. The number of benzene rings is 2. The predicted molar refractivity (Wildman–Crippen MR) is 115 cm³/mol. The molecule has 0 radical (unpaired) electrons. The summed E-state index contributed by atoms with van der Waals surface area (Å²) in [6.45, 7) is 2.79. The van der Waals surface area contributed by atoms with Crippen molar-refractivity contribution in [2.45, 2.75) is 64.4 Å². The number of ether oxygens (including phenoxy) is 1. The molecule has 1 saturated carbocycles. The number of nitrogens with zero attached hydrogens (tertiary/aromatic N) is 2. The number of hydrogen-bond acceptors (Lipinski definition) is 4. The van der Waals surface area contributed by atoms with Crippen LogP contribution in [0.5, 0.6) is 0 Å². The Morgan fingerprint density at radius 1 is 1.10 bits per heavy atom. The van der Waals surface area contributed by atoms with Crippen molar-refractivity contribution in [1.82, 2.24) is 4.98 Å². The van der Waals surface area contributed by atoms with E-state index in [1.54, 1.807) is 6.07 Å². The highest BCUT2D eigenvalue weighted by molar-refractivity contribution is 5.80. The molecule has 1 heterocycles. The lowest BCUT2D eigenvalue weighted by atomic mass is 10.1. The van der Waals surface area contributed by atoms with Gasteiger partial charge >= 0.3 is 0 Å². The molecule has 0 saturated heterocycles. The highest BCUT2D eigenvalue weighted by atomic mass is 16.5. The molecule has 0 unspecified atom stereocenters. The third-order valence-corrected chi connectivity index (χ3v) is 5.77. The van der Waals surface area contributed by atoms with Crippen LogP contribution in [0.4, 0.5) is 0 Å². The Bertz CT molecular complexity index is 990. The van der Waals surface area contributed by atoms with E-state index in [1.807, 2.05) is 13.0 Å². The van der Waals surface area contributed by atoms with Crippen molar-refractivity contribution >= 4 is 11.1 Å². The van der Waals surface area contributed by atoms with Crippen LogP contribution in [-0.4, -0.2) is 17.7 Å². The average Bonchev–Trinajstić information content (AvgIpc) is 3.01. The molecule has 1 fully saturated rings. The molecule has 0 spiro atoms. The van der Waals surface area contributed by atoms with Gasteiger partial charge in [-0.1, -0.05) is 37.8 Å². The van der Waals surface area contributed by atoms with Crippen LogP contribution in [0.15, 0.2) is 40.8 Å². The maximum absolute atomic E-state index is 9.13. The molecule has 1 aliphatic carbocycles. The maximum atomic E-state index is 9.13. The van der Waals surface area contributed by atoms with Crippen LogP contribution in [0, 0.1) is 18.3 Å². The smallest absolute Gasteiger partial charge is 0.227 e. The van der Waals surface area contributed by atoms with E-state index in [9.17, 15) is 0 Å². The summed E-state index contributed by atoms with van der Waals surface area (Å²) < 4.78 is 12.1. The molecule has 0 N–H and O–H groups in total. The summed E-state index contributed by atoms with van der Waals surface area (Å²) in [6, 6.07) is 14.2. The molecule has 1 aliphatic rings. The number of oxazole rings is 1. The summed E-state index contributed by atoms with van der Waals surface area (Å²) in [5.41, 5.74) is 5.28. The van der Waals surface area contributed by atoms with Gasteiger partial charge in [0.05, 0.1) is 17.7 Å². The average molecular weight is 389 g/mol. The van der Waals surface area contributed by atoms with Gasteiger partial charge in [0.25, 0.3) is 0 Å². The monoisotopic (exact) mass is 388 g/mol. The van der Waals surface area contributed by atoms with E-state index < -0.39 is 0 Å². The summed E-state index contributed by atoms with van der Waals surface area (Å²) in [5.74, 6) is 0.599. The minimum Gasteiger partial charge on any atom is -0.436 e. The largest absolute Gasteiger partial charge is 0.436 e. The van der Waals surface area contributed by atoms with Gasteiger partial charge in [-0.05, 0) is 68.0 Å². The molecular formula is C25H28N2O2. The van der Waals surface area contributed by atoms with Gasteiger partial charge in [-0.3, -0.25) is 0 Å².